The van der Waals surface area contributed by atoms with Crippen molar-refractivity contribution in [2.75, 3.05) is 0 Å². The van der Waals surface area contributed by atoms with Crippen molar-refractivity contribution in [3.63, 3.8) is 0 Å². The van der Waals surface area contributed by atoms with Gasteiger partial charge in [0, 0.05) is 5.41 Å². The Morgan fingerprint density at radius 3 is 1.28 bits per heavy atom. The maximum Gasteiger partial charge on any atom is 0.299 e. The molecule has 0 spiro atoms. The molecule has 0 saturated heterocycles. The van der Waals surface area contributed by atoms with Crippen molar-refractivity contribution in [1.29, 1.82) is 0 Å². The molecule has 136 valence electrons. The molecule has 0 aliphatic rings. The minimum absolute atomic E-state index is 0.0787. The van der Waals surface area contributed by atoms with Gasteiger partial charge in [-0.2, -0.15) is 16.8 Å². The molecule has 0 N–H and O–H groups in total. The van der Waals surface area contributed by atoms with E-state index in [9.17, 15) is 16.8 Å². The first-order valence-corrected chi connectivity index (χ1v) is 10.3. The smallest absolute Gasteiger partial charge is 0.232 e. The molecule has 2 rings (SSSR count). The molecule has 8 heteroatoms. The minimum Gasteiger partial charge on any atom is -0.232 e. The van der Waals surface area contributed by atoms with Crippen LogP contribution in [-0.2, 0) is 28.6 Å². The topological polar surface area (TPSA) is 86.7 Å². The zero-order valence-corrected chi connectivity index (χ0v) is 15.7. The maximum absolute atomic E-state index is 12.4. The maximum atomic E-state index is 12.4. The summed E-state index contributed by atoms with van der Waals surface area (Å²) >= 11 is 0. The summed E-state index contributed by atoms with van der Waals surface area (Å²) in [5.41, 5.74) is -0.913. The van der Waals surface area contributed by atoms with Crippen LogP contribution in [0.25, 0.3) is 0 Å². The minimum atomic E-state index is -4.19. The lowest BCUT2D eigenvalue weighted by molar-refractivity contribution is -0.0640. The predicted molar refractivity (Wildman–Crippen MR) is 92.7 cm³/mol. The van der Waals surface area contributed by atoms with E-state index in [0.717, 1.165) is 0 Å². The summed E-state index contributed by atoms with van der Waals surface area (Å²) in [7, 11) is -8.37. The van der Waals surface area contributed by atoms with Gasteiger partial charge in [0.2, 0.25) is 0 Å². The van der Waals surface area contributed by atoms with Crippen molar-refractivity contribution in [2.45, 2.75) is 36.9 Å². The second-order valence-electron chi connectivity index (χ2n) is 6.42. The number of hydrogen-bond acceptors (Lipinski definition) is 6. The number of rotatable bonds is 6. The van der Waals surface area contributed by atoms with Gasteiger partial charge < -0.3 is 0 Å². The quantitative estimate of drug-likeness (QED) is 0.562. The number of benzene rings is 2. The third kappa shape index (κ3) is 5.12. The van der Waals surface area contributed by atoms with Gasteiger partial charge >= 0.3 is 0 Å². The van der Waals surface area contributed by atoms with Gasteiger partial charge in [0.1, 0.15) is 0 Å². The van der Waals surface area contributed by atoms with Crippen molar-refractivity contribution >= 4 is 20.2 Å². The van der Waals surface area contributed by atoms with Gasteiger partial charge in [-0.3, -0.25) is 0 Å². The Labute approximate surface area is 148 Å². The third-order valence-corrected chi connectivity index (χ3v) is 5.75. The van der Waals surface area contributed by atoms with E-state index in [0.29, 0.717) is 0 Å². The Morgan fingerprint density at radius 1 is 0.680 bits per heavy atom. The predicted octanol–water partition coefficient (Wildman–Crippen LogP) is 3.17. The fourth-order valence-corrected chi connectivity index (χ4v) is 4.19. The van der Waals surface area contributed by atoms with Crippen LogP contribution >= 0.6 is 0 Å². The Bertz CT molecular complexity index is 827. The van der Waals surface area contributed by atoms with Crippen LogP contribution in [0.15, 0.2) is 70.5 Å². The summed E-state index contributed by atoms with van der Waals surface area (Å²) < 4.78 is 59.9. The van der Waals surface area contributed by atoms with Crippen LogP contribution in [0.2, 0.25) is 0 Å². The molecule has 2 aromatic rings. The normalized spacial score (nSPS) is 13.1. The van der Waals surface area contributed by atoms with Crippen LogP contribution in [0.1, 0.15) is 20.8 Å². The lowest BCUT2D eigenvalue weighted by Gasteiger charge is -2.29. The Hall–Kier alpha value is -1.74. The van der Waals surface area contributed by atoms with E-state index in [4.69, 9.17) is 8.37 Å². The summed E-state index contributed by atoms with van der Waals surface area (Å²) in [5, 5.41) is 0. The monoisotopic (exact) mass is 384 g/mol. The summed E-state index contributed by atoms with van der Waals surface area (Å²) in [6.45, 7) is 4.87. The van der Waals surface area contributed by atoms with Crippen molar-refractivity contribution in [3.05, 3.63) is 60.7 Å². The molecule has 0 bridgehead atoms. The van der Waals surface area contributed by atoms with E-state index in [2.05, 4.69) is 0 Å². The SMILES string of the molecule is CC(C)(C)C(OS(=O)(=O)c1ccccc1)OS(=O)(=O)c1ccccc1. The molecule has 0 fully saturated rings. The average Bonchev–Trinajstić information content (AvgIpc) is 2.55. The molecule has 0 aromatic heterocycles. The van der Waals surface area contributed by atoms with Crippen LogP contribution in [0, 0.1) is 5.41 Å². The van der Waals surface area contributed by atoms with Gasteiger partial charge in [-0.25, -0.2) is 8.37 Å². The van der Waals surface area contributed by atoms with Crippen LogP contribution in [-0.4, -0.2) is 23.1 Å². The first-order chi connectivity index (χ1) is 11.5. The zero-order valence-electron chi connectivity index (χ0n) is 14.1. The van der Waals surface area contributed by atoms with Gasteiger partial charge in [0.15, 0.2) is 6.29 Å². The van der Waals surface area contributed by atoms with E-state index in [-0.39, 0.29) is 9.79 Å². The van der Waals surface area contributed by atoms with E-state index < -0.39 is 31.9 Å². The molecule has 0 heterocycles. The van der Waals surface area contributed by atoms with Crippen molar-refractivity contribution < 1.29 is 25.2 Å². The van der Waals surface area contributed by atoms with E-state index in [1.54, 1.807) is 57.2 Å². The Morgan fingerprint density at radius 2 is 1.00 bits per heavy atom. The molecular weight excluding hydrogens is 364 g/mol. The molecule has 0 saturated carbocycles. The van der Waals surface area contributed by atoms with Crippen molar-refractivity contribution in [3.8, 4) is 0 Å². The second-order valence-corrected chi connectivity index (χ2v) is 9.57. The fraction of sp³-hybridized carbons (Fsp3) is 0.294. The summed E-state index contributed by atoms with van der Waals surface area (Å²) in [5.74, 6) is 0. The Kier molecular flexibility index (Phi) is 5.68. The van der Waals surface area contributed by atoms with Crippen molar-refractivity contribution in [1.82, 2.24) is 0 Å². The molecule has 6 nitrogen and oxygen atoms in total. The van der Waals surface area contributed by atoms with Crippen molar-refractivity contribution in [2.24, 2.45) is 5.41 Å². The molecular formula is C17H20O6S2. The molecule has 0 atom stereocenters. The summed E-state index contributed by atoms with van der Waals surface area (Å²) in [4.78, 5) is -0.157. The molecule has 0 amide bonds. The highest BCUT2D eigenvalue weighted by Gasteiger charge is 2.36. The standard InChI is InChI=1S/C17H20O6S2/c1-17(2,3)16(22-24(18,19)14-10-6-4-7-11-14)23-25(20,21)15-12-8-5-9-13-15/h4-13,16H,1-3H3. The highest BCUT2D eigenvalue weighted by Crippen LogP contribution is 2.30. The van der Waals surface area contributed by atoms with E-state index in [1.165, 1.54) is 24.3 Å². The van der Waals surface area contributed by atoms with Gasteiger partial charge in [-0.05, 0) is 24.3 Å². The molecule has 0 aliphatic carbocycles. The third-order valence-electron chi connectivity index (χ3n) is 3.20. The Balaban J connectivity index is 2.33. The highest BCUT2D eigenvalue weighted by molar-refractivity contribution is 7.87. The van der Waals surface area contributed by atoms with Crippen LogP contribution in [0.5, 0.6) is 0 Å². The van der Waals surface area contributed by atoms with Crippen LogP contribution in [0.3, 0.4) is 0 Å². The molecule has 25 heavy (non-hydrogen) atoms. The van der Waals surface area contributed by atoms with Gasteiger partial charge in [0.25, 0.3) is 20.2 Å². The van der Waals surface area contributed by atoms with Gasteiger partial charge in [-0.1, -0.05) is 57.2 Å². The zero-order chi connectivity index (χ0) is 18.7. The second kappa shape index (κ2) is 7.25. The van der Waals surface area contributed by atoms with E-state index >= 15 is 0 Å². The first-order valence-electron chi connectivity index (χ1n) is 7.49. The number of hydrogen-bond donors (Lipinski definition) is 0. The molecule has 2 aromatic carbocycles. The first kappa shape index (κ1) is 19.6. The van der Waals surface area contributed by atoms with E-state index in [1.807, 2.05) is 0 Å². The fourth-order valence-electron chi connectivity index (χ4n) is 1.82. The molecule has 0 aliphatic heterocycles. The average molecular weight is 384 g/mol. The molecule has 0 unspecified atom stereocenters. The van der Waals surface area contributed by atoms with Crippen LogP contribution in [0.4, 0.5) is 0 Å². The van der Waals surface area contributed by atoms with Gasteiger partial charge in [-0.15, -0.1) is 0 Å². The van der Waals surface area contributed by atoms with Crippen LogP contribution < -0.4 is 0 Å². The molecule has 0 radical (unpaired) electrons. The lowest BCUT2D eigenvalue weighted by atomic mass is 9.96. The van der Waals surface area contributed by atoms with Gasteiger partial charge in [0.05, 0.1) is 9.79 Å². The summed E-state index contributed by atoms with van der Waals surface area (Å²) in [6, 6.07) is 15.0. The summed E-state index contributed by atoms with van der Waals surface area (Å²) in [6.07, 6.45) is -1.53. The lowest BCUT2D eigenvalue weighted by Crippen LogP contribution is -2.36. The highest BCUT2D eigenvalue weighted by atomic mass is 32.2. The largest absolute Gasteiger partial charge is 0.299 e.